The van der Waals surface area contributed by atoms with Crippen LogP contribution in [0.1, 0.15) is 22.6 Å². The van der Waals surface area contributed by atoms with Crippen LogP contribution in [0.5, 0.6) is 0 Å². The van der Waals surface area contributed by atoms with E-state index in [0.717, 1.165) is 4.88 Å². The second-order valence-electron chi connectivity index (χ2n) is 3.67. The first-order chi connectivity index (χ1) is 7.10. The average Bonchev–Trinajstić information content (AvgIpc) is 2.88. The molecule has 2 N–H and O–H groups in total. The molecule has 15 heavy (non-hydrogen) atoms. The number of carboxylic acids is 1. The first-order valence-corrected chi connectivity index (χ1v) is 5.33. The molecule has 0 aliphatic heterocycles. The Kier molecular flexibility index (Phi) is 2.25. The van der Waals surface area contributed by atoms with E-state index in [2.05, 4.69) is 0 Å². The third-order valence-electron chi connectivity index (χ3n) is 2.75. The molecule has 1 aliphatic rings. The third-order valence-corrected chi connectivity index (χ3v) is 3.96. The van der Waals surface area contributed by atoms with Gasteiger partial charge in [0.1, 0.15) is 10.9 Å². The normalized spacial score (nSPS) is 19.2. The molecule has 4 nitrogen and oxygen atoms in total. The van der Waals surface area contributed by atoms with Gasteiger partial charge in [-0.3, -0.25) is 0 Å². The second kappa shape index (κ2) is 3.33. The largest absolute Gasteiger partial charge is 0.479 e. The number of hydrogen-bond acceptors (Lipinski definition) is 4. The van der Waals surface area contributed by atoms with Crippen LogP contribution in [-0.2, 0) is 10.2 Å². The summed E-state index contributed by atoms with van der Waals surface area (Å²) in [5, 5.41) is 27.0. The molecular weight excluding hydrogens is 214 g/mol. The number of aliphatic hydroxyl groups excluding tert-OH is 1. The molecule has 5 heteroatoms. The number of hydrogen-bond donors (Lipinski definition) is 2. The maximum atomic E-state index is 10.7. The molecule has 1 atom stereocenters. The quantitative estimate of drug-likeness (QED) is 0.803. The summed E-state index contributed by atoms with van der Waals surface area (Å²) < 4.78 is 0. The van der Waals surface area contributed by atoms with Gasteiger partial charge in [0, 0.05) is 10.3 Å². The fourth-order valence-electron chi connectivity index (χ4n) is 1.69. The van der Waals surface area contributed by atoms with Crippen molar-refractivity contribution in [1.82, 2.24) is 0 Å². The van der Waals surface area contributed by atoms with Crippen LogP contribution >= 0.6 is 11.3 Å². The molecule has 0 aromatic carbocycles. The zero-order valence-corrected chi connectivity index (χ0v) is 8.62. The topological polar surface area (TPSA) is 81.3 Å². The molecule has 0 saturated heterocycles. The van der Waals surface area contributed by atoms with Gasteiger partial charge in [-0.2, -0.15) is 5.26 Å². The minimum Gasteiger partial charge on any atom is -0.479 e. The lowest BCUT2D eigenvalue weighted by molar-refractivity contribution is -0.148. The number of carboxylic acid groups (broad SMARTS) is 1. The third kappa shape index (κ3) is 1.52. The van der Waals surface area contributed by atoms with Crippen molar-refractivity contribution in [2.24, 2.45) is 0 Å². The van der Waals surface area contributed by atoms with Gasteiger partial charge in [-0.15, -0.1) is 11.3 Å². The molecule has 1 saturated carbocycles. The van der Waals surface area contributed by atoms with Crippen LogP contribution in [0.15, 0.2) is 12.1 Å². The van der Waals surface area contributed by atoms with E-state index in [1.165, 1.54) is 11.3 Å². The SMILES string of the molecule is N#Cc1ccc(C2(C(O)C(=O)O)CC2)s1. The molecule has 78 valence electrons. The van der Waals surface area contributed by atoms with Crippen molar-refractivity contribution in [2.75, 3.05) is 0 Å². The van der Waals surface area contributed by atoms with E-state index in [4.69, 9.17) is 10.4 Å². The Labute approximate surface area is 90.4 Å². The molecule has 0 spiro atoms. The average molecular weight is 223 g/mol. The lowest BCUT2D eigenvalue weighted by Crippen LogP contribution is -2.33. The van der Waals surface area contributed by atoms with Gasteiger partial charge in [0.25, 0.3) is 0 Å². The van der Waals surface area contributed by atoms with Gasteiger partial charge in [0.15, 0.2) is 6.10 Å². The maximum Gasteiger partial charge on any atom is 0.333 e. The van der Waals surface area contributed by atoms with Crippen LogP contribution in [0.25, 0.3) is 0 Å². The lowest BCUT2D eigenvalue weighted by Gasteiger charge is -2.16. The monoisotopic (exact) mass is 223 g/mol. The zero-order valence-electron chi connectivity index (χ0n) is 7.80. The first-order valence-electron chi connectivity index (χ1n) is 4.51. The Morgan fingerprint density at radius 1 is 1.60 bits per heavy atom. The van der Waals surface area contributed by atoms with Crippen molar-refractivity contribution >= 4 is 17.3 Å². The van der Waals surface area contributed by atoms with E-state index in [-0.39, 0.29) is 0 Å². The Bertz CT molecular complexity index is 442. The molecule has 1 unspecified atom stereocenters. The fourth-order valence-corrected chi connectivity index (χ4v) is 2.76. The number of aliphatic hydroxyl groups is 1. The molecule has 0 bridgehead atoms. The summed E-state index contributed by atoms with van der Waals surface area (Å²) in [5.41, 5.74) is -0.633. The second-order valence-corrected chi connectivity index (χ2v) is 4.76. The summed E-state index contributed by atoms with van der Waals surface area (Å²) >= 11 is 1.26. The van der Waals surface area contributed by atoms with Gasteiger partial charge in [-0.1, -0.05) is 0 Å². The molecule has 2 rings (SSSR count). The minimum atomic E-state index is -1.36. The van der Waals surface area contributed by atoms with Crippen molar-refractivity contribution in [3.05, 3.63) is 21.9 Å². The predicted octanol–water partition coefficient (Wildman–Crippen LogP) is 1.10. The molecular formula is C10H9NO3S. The van der Waals surface area contributed by atoms with Crippen molar-refractivity contribution in [3.63, 3.8) is 0 Å². The summed E-state index contributed by atoms with van der Waals surface area (Å²) in [6, 6.07) is 5.40. The summed E-state index contributed by atoms with van der Waals surface area (Å²) in [4.78, 5) is 12.1. The van der Waals surface area contributed by atoms with Crippen molar-refractivity contribution in [3.8, 4) is 6.07 Å². The summed E-state index contributed by atoms with van der Waals surface area (Å²) in [6.45, 7) is 0. The van der Waals surface area contributed by atoms with Crippen molar-refractivity contribution in [2.45, 2.75) is 24.4 Å². The van der Waals surface area contributed by atoms with Gasteiger partial charge < -0.3 is 10.2 Å². The van der Waals surface area contributed by atoms with Gasteiger partial charge in [0.05, 0.1) is 0 Å². The van der Waals surface area contributed by atoms with E-state index in [1.54, 1.807) is 12.1 Å². The van der Waals surface area contributed by atoms with Crippen molar-refractivity contribution in [1.29, 1.82) is 5.26 Å². The highest BCUT2D eigenvalue weighted by atomic mass is 32.1. The number of rotatable bonds is 3. The van der Waals surface area contributed by atoms with Gasteiger partial charge >= 0.3 is 5.97 Å². The molecule has 0 radical (unpaired) electrons. The van der Waals surface area contributed by atoms with Crippen LogP contribution in [0.4, 0.5) is 0 Å². The summed E-state index contributed by atoms with van der Waals surface area (Å²) in [7, 11) is 0. The Balaban J connectivity index is 2.31. The van der Waals surface area contributed by atoms with E-state index in [1.807, 2.05) is 6.07 Å². The lowest BCUT2D eigenvalue weighted by atomic mass is 9.97. The van der Waals surface area contributed by atoms with E-state index >= 15 is 0 Å². The van der Waals surface area contributed by atoms with Crippen LogP contribution < -0.4 is 0 Å². The summed E-state index contributed by atoms with van der Waals surface area (Å²) in [6.07, 6.45) is -0.0137. The molecule has 1 heterocycles. The van der Waals surface area contributed by atoms with Crippen LogP contribution in [-0.4, -0.2) is 22.3 Å². The highest BCUT2D eigenvalue weighted by Gasteiger charge is 2.54. The number of carbonyl (C=O) groups is 1. The maximum absolute atomic E-state index is 10.7. The van der Waals surface area contributed by atoms with Gasteiger partial charge in [-0.25, -0.2) is 4.79 Å². The van der Waals surface area contributed by atoms with Crippen LogP contribution in [0, 0.1) is 11.3 Å². The smallest absolute Gasteiger partial charge is 0.333 e. The van der Waals surface area contributed by atoms with Gasteiger partial charge in [-0.05, 0) is 25.0 Å². The first kappa shape index (κ1) is 10.1. The molecule has 1 aromatic heterocycles. The van der Waals surface area contributed by atoms with E-state index in [0.29, 0.717) is 17.7 Å². The Morgan fingerprint density at radius 3 is 2.67 bits per heavy atom. The molecule has 1 fully saturated rings. The zero-order chi connectivity index (χ0) is 11.1. The van der Waals surface area contributed by atoms with Crippen molar-refractivity contribution < 1.29 is 15.0 Å². The number of thiophene rings is 1. The highest BCUT2D eigenvalue weighted by Crippen LogP contribution is 2.53. The fraction of sp³-hybridized carbons (Fsp3) is 0.400. The molecule has 1 aliphatic carbocycles. The summed E-state index contributed by atoms with van der Waals surface area (Å²) in [5.74, 6) is -1.19. The minimum absolute atomic E-state index is 0.550. The standard InChI is InChI=1S/C10H9NO3S/c11-5-6-1-2-7(15-6)10(3-4-10)8(12)9(13)14/h1-2,8,12H,3-4H2,(H,13,14). The number of aliphatic carboxylic acids is 1. The van der Waals surface area contributed by atoms with Crippen LogP contribution in [0.3, 0.4) is 0 Å². The van der Waals surface area contributed by atoms with E-state index < -0.39 is 17.5 Å². The predicted molar refractivity (Wildman–Crippen MR) is 53.6 cm³/mol. The number of nitriles is 1. The number of nitrogens with zero attached hydrogens (tertiary/aromatic N) is 1. The Morgan fingerprint density at radius 2 is 2.27 bits per heavy atom. The molecule has 0 amide bonds. The van der Waals surface area contributed by atoms with E-state index in [9.17, 15) is 9.90 Å². The highest BCUT2D eigenvalue weighted by molar-refractivity contribution is 7.12. The van der Waals surface area contributed by atoms with Crippen LogP contribution in [0.2, 0.25) is 0 Å². The molecule has 1 aromatic rings. The Hall–Kier alpha value is -1.38. The van der Waals surface area contributed by atoms with Gasteiger partial charge in [0.2, 0.25) is 0 Å².